The number of nitrogens with one attached hydrogen (secondary N) is 2. The minimum atomic E-state index is -0.505. The lowest BCUT2D eigenvalue weighted by Gasteiger charge is -2.15. The van der Waals surface area contributed by atoms with Crippen LogP contribution in [0.3, 0.4) is 0 Å². The van der Waals surface area contributed by atoms with Crippen molar-refractivity contribution >= 4 is 22.8 Å². The SMILES string of the molecule is CNC(=O)N(C)c1ccc2[nH]c(=O)oc2c1. The number of H-pyrrole nitrogens is 1. The lowest BCUT2D eigenvalue weighted by atomic mass is 10.3. The van der Waals surface area contributed by atoms with Crippen LogP contribution in [0, 0.1) is 0 Å². The van der Waals surface area contributed by atoms with Crippen LogP contribution in [0.2, 0.25) is 0 Å². The Balaban J connectivity index is 2.46. The van der Waals surface area contributed by atoms with Crippen molar-refractivity contribution in [1.82, 2.24) is 10.3 Å². The normalized spacial score (nSPS) is 10.4. The largest absolute Gasteiger partial charge is 0.417 e. The molecule has 0 fully saturated rings. The first-order chi connectivity index (χ1) is 7.61. The van der Waals surface area contributed by atoms with Crippen LogP contribution in [0.25, 0.3) is 11.1 Å². The topological polar surface area (TPSA) is 78.3 Å². The highest BCUT2D eigenvalue weighted by molar-refractivity contribution is 5.93. The molecular formula is C10H11N3O3. The molecule has 84 valence electrons. The minimum Gasteiger partial charge on any atom is -0.408 e. The average Bonchev–Trinajstić information content (AvgIpc) is 2.65. The van der Waals surface area contributed by atoms with Gasteiger partial charge in [0.25, 0.3) is 0 Å². The van der Waals surface area contributed by atoms with Crippen molar-refractivity contribution in [1.29, 1.82) is 0 Å². The Kier molecular flexibility index (Phi) is 2.40. The molecule has 0 aliphatic rings. The van der Waals surface area contributed by atoms with Crippen LogP contribution in [0.15, 0.2) is 27.4 Å². The summed E-state index contributed by atoms with van der Waals surface area (Å²) in [5.41, 5.74) is 1.69. The standard InChI is InChI=1S/C10H11N3O3/c1-11-9(14)13(2)6-3-4-7-8(5-6)16-10(15)12-7/h3-5H,1-2H3,(H,11,14)(H,12,15). The average molecular weight is 221 g/mol. The molecule has 16 heavy (non-hydrogen) atoms. The highest BCUT2D eigenvalue weighted by Crippen LogP contribution is 2.19. The van der Waals surface area contributed by atoms with Gasteiger partial charge in [0, 0.05) is 25.8 Å². The van der Waals surface area contributed by atoms with E-state index in [4.69, 9.17) is 4.42 Å². The van der Waals surface area contributed by atoms with Gasteiger partial charge in [0.05, 0.1) is 5.52 Å². The van der Waals surface area contributed by atoms with Crippen LogP contribution in [0.5, 0.6) is 0 Å². The molecule has 0 spiro atoms. The molecule has 6 nitrogen and oxygen atoms in total. The van der Waals surface area contributed by atoms with Gasteiger partial charge in [0.15, 0.2) is 5.58 Å². The van der Waals surface area contributed by atoms with Crippen LogP contribution >= 0.6 is 0 Å². The second kappa shape index (κ2) is 3.73. The Hall–Kier alpha value is -2.24. The van der Waals surface area contributed by atoms with E-state index < -0.39 is 5.76 Å². The maximum absolute atomic E-state index is 11.4. The van der Waals surface area contributed by atoms with Crippen LogP contribution in [-0.4, -0.2) is 25.1 Å². The number of carbonyl (C=O) groups is 1. The number of amides is 2. The van der Waals surface area contributed by atoms with Crippen molar-refractivity contribution in [3.8, 4) is 0 Å². The van der Waals surface area contributed by atoms with E-state index in [1.54, 1.807) is 32.3 Å². The Labute approximate surface area is 90.9 Å². The van der Waals surface area contributed by atoms with E-state index in [1.165, 1.54) is 4.90 Å². The molecule has 1 aromatic heterocycles. The molecule has 0 aliphatic heterocycles. The van der Waals surface area contributed by atoms with Gasteiger partial charge in [-0.2, -0.15) is 0 Å². The summed E-state index contributed by atoms with van der Waals surface area (Å²) in [6, 6.07) is 4.80. The molecule has 2 rings (SSSR count). The summed E-state index contributed by atoms with van der Waals surface area (Å²) in [7, 11) is 3.18. The van der Waals surface area contributed by atoms with Gasteiger partial charge >= 0.3 is 11.8 Å². The van der Waals surface area contributed by atoms with E-state index in [2.05, 4.69) is 10.3 Å². The van der Waals surface area contributed by atoms with Gasteiger partial charge in [-0.1, -0.05) is 0 Å². The number of benzene rings is 1. The molecule has 0 unspecified atom stereocenters. The van der Waals surface area contributed by atoms with E-state index in [9.17, 15) is 9.59 Å². The monoisotopic (exact) mass is 221 g/mol. The number of hydrogen-bond acceptors (Lipinski definition) is 3. The summed E-state index contributed by atoms with van der Waals surface area (Å²) < 4.78 is 4.90. The van der Waals surface area contributed by atoms with Crippen LogP contribution in [0.4, 0.5) is 10.5 Å². The molecule has 1 heterocycles. The molecule has 1 aromatic carbocycles. The smallest absolute Gasteiger partial charge is 0.408 e. The predicted octanol–water partition coefficient (Wildman–Crippen LogP) is 0.897. The fourth-order valence-corrected chi connectivity index (χ4v) is 1.43. The predicted molar refractivity (Wildman–Crippen MR) is 59.7 cm³/mol. The molecule has 0 saturated heterocycles. The fourth-order valence-electron chi connectivity index (χ4n) is 1.43. The first kappa shape index (κ1) is 10.3. The number of anilines is 1. The third kappa shape index (κ3) is 1.65. The number of oxazole rings is 1. The molecule has 2 N–H and O–H groups in total. The Morgan fingerprint density at radius 2 is 2.25 bits per heavy atom. The lowest BCUT2D eigenvalue weighted by Crippen LogP contribution is -2.34. The van der Waals surface area contributed by atoms with E-state index in [0.29, 0.717) is 16.8 Å². The van der Waals surface area contributed by atoms with Gasteiger partial charge in [0.1, 0.15) is 0 Å². The lowest BCUT2D eigenvalue weighted by molar-refractivity contribution is 0.249. The van der Waals surface area contributed by atoms with Gasteiger partial charge in [0.2, 0.25) is 0 Å². The fraction of sp³-hybridized carbons (Fsp3) is 0.200. The number of nitrogens with zero attached hydrogens (tertiary/aromatic N) is 1. The summed E-state index contributed by atoms with van der Waals surface area (Å²) in [4.78, 5) is 26.3. The number of rotatable bonds is 1. The van der Waals surface area contributed by atoms with Crippen LogP contribution in [-0.2, 0) is 0 Å². The molecular weight excluding hydrogens is 210 g/mol. The molecule has 0 saturated carbocycles. The maximum Gasteiger partial charge on any atom is 0.417 e. The van der Waals surface area contributed by atoms with E-state index in [0.717, 1.165) is 0 Å². The van der Waals surface area contributed by atoms with Crippen molar-refractivity contribution < 1.29 is 9.21 Å². The Bertz CT molecular complexity index is 584. The number of hydrogen-bond donors (Lipinski definition) is 2. The summed E-state index contributed by atoms with van der Waals surface area (Å²) in [5.74, 6) is -0.505. The number of aromatic nitrogens is 1. The van der Waals surface area contributed by atoms with Gasteiger partial charge in [-0.25, -0.2) is 9.59 Å². The zero-order chi connectivity index (χ0) is 11.7. The second-order valence-corrected chi connectivity index (χ2v) is 3.31. The summed E-state index contributed by atoms with van der Waals surface area (Å²) in [6.07, 6.45) is 0. The van der Waals surface area contributed by atoms with Gasteiger partial charge in [-0.3, -0.25) is 9.88 Å². The maximum atomic E-state index is 11.4. The summed E-state index contributed by atoms with van der Waals surface area (Å²) in [6.45, 7) is 0. The van der Waals surface area contributed by atoms with E-state index in [-0.39, 0.29) is 6.03 Å². The van der Waals surface area contributed by atoms with E-state index >= 15 is 0 Å². The van der Waals surface area contributed by atoms with Crippen LogP contribution in [0.1, 0.15) is 0 Å². The third-order valence-corrected chi connectivity index (χ3v) is 2.31. The van der Waals surface area contributed by atoms with Crippen molar-refractivity contribution in [3.05, 3.63) is 28.7 Å². The first-order valence-corrected chi connectivity index (χ1v) is 4.70. The van der Waals surface area contributed by atoms with Crippen LogP contribution < -0.4 is 16.0 Å². The molecule has 0 aliphatic carbocycles. The first-order valence-electron chi connectivity index (χ1n) is 4.70. The van der Waals surface area contributed by atoms with Crippen molar-refractivity contribution in [2.24, 2.45) is 0 Å². The number of aromatic amines is 1. The Morgan fingerprint density at radius 1 is 1.50 bits per heavy atom. The molecule has 2 amide bonds. The number of urea groups is 1. The highest BCUT2D eigenvalue weighted by Gasteiger charge is 2.10. The zero-order valence-electron chi connectivity index (χ0n) is 8.90. The second-order valence-electron chi connectivity index (χ2n) is 3.31. The molecule has 0 atom stereocenters. The van der Waals surface area contributed by atoms with Gasteiger partial charge in [-0.05, 0) is 12.1 Å². The number of carbonyl (C=O) groups excluding carboxylic acids is 1. The molecule has 2 aromatic rings. The molecule has 6 heteroatoms. The summed E-state index contributed by atoms with van der Waals surface area (Å²) in [5, 5.41) is 2.50. The highest BCUT2D eigenvalue weighted by atomic mass is 16.4. The van der Waals surface area contributed by atoms with Gasteiger partial charge in [-0.15, -0.1) is 0 Å². The summed E-state index contributed by atoms with van der Waals surface area (Å²) >= 11 is 0. The molecule has 0 bridgehead atoms. The molecule has 0 radical (unpaired) electrons. The number of fused-ring (bicyclic) bond motifs is 1. The quantitative estimate of drug-likeness (QED) is 0.750. The minimum absolute atomic E-state index is 0.239. The van der Waals surface area contributed by atoms with E-state index in [1.807, 2.05) is 0 Å². The van der Waals surface area contributed by atoms with Crippen molar-refractivity contribution in [3.63, 3.8) is 0 Å². The zero-order valence-corrected chi connectivity index (χ0v) is 8.90. The van der Waals surface area contributed by atoms with Gasteiger partial charge < -0.3 is 9.73 Å². The third-order valence-electron chi connectivity index (χ3n) is 2.31. The van der Waals surface area contributed by atoms with Crippen molar-refractivity contribution in [2.75, 3.05) is 19.0 Å². The Morgan fingerprint density at radius 3 is 2.94 bits per heavy atom. The van der Waals surface area contributed by atoms with Crippen molar-refractivity contribution in [2.45, 2.75) is 0 Å².